The summed E-state index contributed by atoms with van der Waals surface area (Å²) < 4.78 is 7.06. The number of aromatic nitrogens is 3. The van der Waals surface area contributed by atoms with Crippen molar-refractivity contribution in [3.05, 3.63) is 59.8 Å². The Kier molecular flexibility index (Phi) is 3.89. The zero-order chi connectivity index (χ0) is 15.5. The zero-order valence-electron chi connectivity index (χ0n) is 12.7. The molecule has 3 rings (SSSR count). The van der Waals surface area contributed by atoms with Crippen LogP contribution >= 0.6 is 0 Å². The van der Waals surface area contributed by atoms with Gasteiger partial charge in [-0.15, -0.1) is 5.10 Å². The molecule has 0 radical (unpaired) electrons. The molecule has 22 heavy (non-hydrogen) atoms. The van der Waals surface area contributed by atoms with E-state index in [0.29, 0.717) is 6.54 Å². The molecule has 2 N–H and O–H groups in total. The zero-order valence-corrected chi connectivity index (χ0v) is 12.7. The van der Waals surface area contributed by atoms with Crippen molar-refractivity contribution in [3.8, 4) is 22.7 Å². The number of para-hydroxylation sites is 1. The first-order valence-electron chi connectivity index (χ1n) is 7.09. The lowest BCUT2D eigenvalue weighted by Gasteiger charge is -2.10. The molecule has 0 amide bonds. The minimum absolute atomic E-state index is 0.341. The normalized spacial score (nSPS) is 10.7. The van der Waals surface area contributed by atoms with Crippen LogP contribution in [0, 0.1) is 6.92 Å². The first-order chi connectivity index (χ1) is 10.7. The topological polar surface area (TPSA) is 66.0 Å². The van der Waals surface area contributed by atoms with Crippen molar-refractivity contribution >= 4 is 0 Å². The number of rotatable bonds is 4. The van der Waals surface area contributed by atoms with Gasteiger partial charge in [0.2, 0.25) is 0 Å². The predicted molar refractivity (Wildman–Crippen MR) is 86.0 cm³/mol. The molecule has 5 heteroatoms. The van der Waals surface area contributed by atoms with Crippen LogP contribution in [0.15, 0.2) is 48.5 Å². The number of ether oxygens (including phenoxy) is 1. The Morgan fingerprint density at radius 2 is 1.82 bits per heavy atom. The Hall–Kier alpha value is -2.66. The molecule has 112 valence electrons. The summed E-state index contributed by atoms with van der Waals surface area (Å²) in [6, 6.07) is 15.9. The van der Waals surface area contributed by atoms with E-state index >= 15 is 0 Å². The summed E-state index contributed by atoms with van der Waals surface area (Å²) in [5, 5.41) is 8.52. The Labute approximate surface area is 129 Å². The van der Waals surface area contributed by atoms with E-state index in [-0.39, 0.29) is 0 Å². The summed E-state index contributed by atoms with van der Waals surface area (Å²) in [5.74, 6) is 0.813. The second-order valence-electron chi connectivity index (χ2n) is 5.02. The van der Waals surface area contributed by atoms with Crippen molar-refractivity contribution in [2.45, 2.75) is 13.5 Å². The number of hydrogen-bond donors (Lipinski definition) is 1. The average Bonchev–Trinajstić information content (AvgIpc) is 2.99. The van der Waals surface area contributed by atoms with E-state index in [1.165, 1.54) is 0 Å². The van der Waals surface area contributed by atoms with Crippen molar-refractivity contribution in [2.75, 3.05) is 7.11 Å². The Bertz CT molecular complexity index is 778. The fourth-order valence-corrected chi connectivity index (χ4v) is 2.46. The van der Waals surface area contributed by atoms with Crippen molar-refractivity contribution in [2.24, 2.45) is 5.73 Å². The first-order valence-corrected chi connectivity index (χ1v) is 7.09. The van der Waals surface area contributed by atoms with Crippen molar-refractivity contribution < 1.29 is 4.74 Å². The molecule has 3 aromatic rings. The molecule has 0 aliphatic carbocycles. The average molecular weight is 294 g/mol. The standard InChI is InChI=1S/C17H18N4O/c1-12-5-3-4-6-16(12)21-17(15(11-18)19-20-21)13-7-9-14(22-2)10-8-13/h3-10H,11,18H2,1-2H3. The van der Waals surface area contributed by atoms with Gasteiger partial charge in [-0.1, -0.05) is 23.4 Å². The van der Waals surface area contributed by atoms with Crippen LogP contribution in [0.2, 0.25) is 0 Å². The van der Waals surface area contributed by atoms with Crippen LogP contribution in [-0.4, -0.2) is 22.1 Å². The van der Waals surface area contributed by atoms with Gasteiger partial charge in [0.25, 0.3) is 0 Å². The fraction of sp³-hybridized carbons (Fsp3) is 0.176. The second kappa shape index (κ2) is 5.99. The maximum Gasteiger partial charge on any atom is 0.118 e. The third-order valence-electron chi connectivity index (χ3n) is 3.64. The van der Waals surface area contributed by atoms with E-state index < -0.39 is 0 Å². The number of benzene rings is 2. The summed E-state index contributed by atoms with van der Waals surface area (Å²) >= 11 is 0. The highest BCUT2D eigenvalue weighted by atomic mass is 16.5. The highest BCUT2D eigenvalue weighted by Crippen LogP contribution is 2.27. The van der Waals surface area contributed by atoms with Crippen LogP contribution in [0.3, 0.4) is 0 Å². The first kappa shape index (κ1) is 14.3. The number of nitrogens with zero attached hydrogens (tertiary/aromatic N) is 3. The van der Waals surface area contributed by atoms with E-state index in [1.807, 2.05) is 47.1 Å². The predicted octanol–water partition coefficient (Wildman–Crippen LogP) is 2.71. The Morgan fingerprint density at radius 3 is 2.45 bits per heavy atom. The fourth-order valence-electron chi connectivity index (χ4n) is 2.46. The summed E-state index contributed by atoms with van der Waals surface area (Å²) in [4.78, 5) is 0. The Morgan fingerprint density at radius 1 is 1.09 bits per heavy atom. The van der Waals surface area contributed by atoms with Crippen LogP contribution in [0.4, 0.5) is 0 Å². The van der Waals surface area contributed by atoms with E-state index in [0.717, 1.165) is 34.0 Å². The number of aryl methyl sites for hydroxylation is 1. The minimum Gasteiger partial charge on any atom is -0.497 e. The smallest absolute Gasteiger partial charge is 0.118 e. The summed E-state index contributed by atoms with van der Waals surface area (Å²) in [7, 11) is 1.65. The highest BCUT2D eigenvalue weighted by molar-refractivity contribution is 5.65. The van der Waals surface area contributed by atoms with Gasteiger partial charge in [0, 0.05) is 12.1 Å². The molecule has 0 fully saturated rings. The molecular formula is C17H18N4O. The van der Waals surface area contributed by atoms with Gasteiger partial charge in [0.05, 0.1) is 18.5 Å². The molecule has 0 atom stereocenters. The van der Waals surface area contributed by atoms with Gasteiger partial charge >= 0.3 is 0 Å². The molecule has 5 nitrogen and oxygen atoms in total. The number of hydrogen-bond acceptors (Lipinski definition) is 4. The molecule has 0 saturated heterocycles. The largest absolute Gasteiger partial charge is 0.497 e. The van der Waals surface area contributed by atoms with Gasteiger partial charge < -0.3 is 10.5 Å². The van der Waals surface area contributed by atoms with Crippen LogP contribution in [0.25, 0.3) is 16.9 Å². The van der Waals surface area contributed by atoms with E-state index in [2.05, 4.69) is 23.3 Å². The molecule has 0 aliphatic rings. The molecular weight excluding hydrogens is 276 g/mol. The molecule has 0 unspecified atom stereocenters. The van der Waals surface area contributed by atoms with Gasteiger partial charge in [-0.05, 0) is 42.8 Å². The van der Waals surface area contributed by atoms with Gasteiger partial charge in [-0.2, -0.15) is 0 Å². The van der Waals surface area contributed by atoms with Gasteiger partial charge in [-0.3, -0.25) is 0 Å². The number of nitrogens with two attached hydrogens (primary N) is 1. The van der Waals surface area contributed by atoms with Gasteiger partial charge in [0.1, 0.15) is 11.4 Å². The van der Waals surface area contributed by atoms with Gasteiger partial charge in [0.15, 0.2) is 0 Å². The molecule has 0 spiro atoms. The SMILES string of the molecule is COc1ccc(-c2c(CN)nnn2-c2ccccc2C)cc1. The molecule has 0 saturated carbocycles. The minimum atomic E-state index is 0.341. The Balaban J connectivity index is 2.17. The monoisotopic (exact) mass is 294 g/mol. The van der Waals surface area contributed by atoms with Crippen molar-refractivity contribution in [1.82, 2.24) is 15.0 Å². The van der Waals surface area contributed by atoms with Crippen molar-refractivity contribution in [1.29, 1.82) is 0 Å². The molecule has 0 bridgehead atoms. The quantitative estimate of drug-likeness (QED) is 0.803. The summed E-state index contributed by atoms with van der Waals surface area (Å²) in [6.45, 7) is 2.39. The molecule has 1 aromatic heterocycles. The summed E-state index contributed by atoms with van der Waals surface area (Å²) in [6.07, 6.45) is 0. The molecule has 1 heterocycles. The summed E-state index contributed by atoms with van der Waals surface area (Å²) in [5.41, 5.74) is 10.7. The van der Waals surface area contributed by atoms with Crippen LogP contribution in [0.5, 0.6) is 5.75 Å². The van der Waals surface area contributed by atoms with E-state index in [4.69, 9.17) is 10.5 Å². The maximum atomic E-state index is 5.83. The third kappa shape index (κ3) is 2.46. The lowest BCUT2D eigenvalue weighted by Crippen LogP contribution is -2.04. The lowest BCUT2D eigenvalue weighted by molar-refractivity contribution is 0.415. The maximum absolute atomic E-state index is 5.83. The van der Waals surface area contributed by atoms with Crippen LogP contribution < -0.4 is 10.5 Å². The van der Waals surface area contributed by atoms with E-state index in [1.54, 1.807) is 7.11 Å². The highest BCUT2D eigenvalue weighted by Gasteiger charge is 2.16. The van der Waals surface area contributed by atoms with E-state index in [9.17, 15) is 0 Å². The molecule has 0 aliphatic heterocycles. The lowest BCUT2D eigenvalue weighted by atomic mass is 10.1. The van der Waals surface area contributed by atoms with Crippen LogP contribution in [-0.2, 0) is 6.54 Å². The number of methoxy groups -OCH3 is 1. The van der Waals surface area contributed by atoms with Crippen molar-refractivity contribution in [3.63, 3.8) is 0 Å². The molecule has 2 aromatic carbocycles. The van der Waals surface area contributed by atoms with Gasteiger partial charge in [-0.25, -0.2) is 4.68 Å². The third-order valence-corrected chi connectivity index (χ3v) is 3.64. The second-order valence-corrected chi connectivity index (χ2v) is 5.02. The van der Waals surface area contributed by atoms with Crippen LogP contribution in [0.1, 0.15) is 11.3 Å².